The van der Waals surface area contributed by atoms with Gasteiger partial charge in [-0.05, 0) is 30.5 Å². The van der Waals surface area contributed by atoms with Crippen LogP contribution in [0.15, 0.2) is 24.3 Å². The standard InChI is InChI=1S/C16H25NO3/c1-4-10-17-14(16(18)19)9-11-20-15-8-6-5-7-13(15)12(2)3/h5-8,12,14,17H,4,9-11H2,1-3H3,(H,18,19). The Morgan fingerprint density at radius 3 is 2.65 bits per heavy atom. The predicted octanol–water partition coefficient (Wildman–Crippen LogP) is 3.03. The Kier molecular flexibility index (Phi) is 7.09. The average Bonchev–Trinajstić information content (AvgIpc) is 2.42. The molecule has 0 saturated carbocycles. The van der Waals surface area contributed by atoms with Crippen molar-refractivity contribution >= 4 is 5.97 Å². The fourth-order valence-corrected chi connectivity index (χ4v) is 2.01. The van der Waals surface area contributed by atoms with Crippen molar-refractivity contribution in [1.82, 2.24) is 5.32 Å². The fraction of sp³-hybridized carbons (Fsp3) is 0.562. The maximum atomic E-state index is 11.1. The third kappa shape index (κ3) is 5.21. The topological polar surface area (TPSA) is 58.6 Å². The first-order valence-electron chi connectivity index (χ1n) is 7.24. The van der Waals surface area contributed by atoms with Crippen molar-refractivity contribution in [3.63, 3.8) is 0 Å². The molecule has 0 bridgehead atoms. The molecule has 4 nitrogen and oxygen atoms in total. The predicted molar refractivity (Wildman–Crippen MR) is 80.4 cm³/mol. The van der Waals surface area contributed by atoms with Crippen LogP contribution in [0.1, 0.15) is 45.1 Å². The molecule has 1 atom stereocenters. The normalized spacial score (nSPS) is 12.4. The van der Waals surface area contributed by atoms with Crippen LogP contribution in [0.4, 0.5) is 0 Å². The van der Waals surface area contributed by atoms with Crippen LogP contribution in [0, 0.1) is 0 Å². The number of benzene rings is 1. The van der Waals surface area contributed by atoms with E-state index in [-0.39, 0.29) is 0 Å². The smallest absolute Gasteiger partial charge is 0.320 e. The van der Waals surface area contributed by atoms with E-state index in [1.165, 1.54) is 0 Å². The molecular weight excluding hydrogens is 254 g/mol. The van der Waals surface area contributed by atoms with Gasteiger partial charge in [0.1, 0.15) is 11.8 Å². The molecule has 0 radical (unpaired) electrons. The zero-order valence-corrected chi connectivity index (χ0v) is 12.6. The summed E-state index contributed by atoms with van der Waals surface area (Å²) in [4.78, 5) is 11.1. The highest BCUT2D eigenvalue weighted by atomic mass is 16.5. The minimum atomic E-state index is -0.820. The first kappa shape index (κ1) is 16.5. The Balaban J connectivity index is 2.52. The van der Waals surface area contributed by atoms with Gasteiger partial charge in [-0.15, -0.1) is 0 Å². The van der Waals surface area contributed by atoms with Crippen LogP contribution in [0.2, 0.25) is 0 Å². The Labute approximate surface area is 121 Å². The second-order valence-corrected chi connectivity index (χ2v) is 5.17. The minimum absolute atomic E-state index is 0.389. The van der Waals surface area contributed by atoms with E-state index in [4.69, 9.17) is 9.84 Å². The van der Waals surface area contributed by atoms with Gasteiger partial charge in [-0.3, -0.25) is 4.79 Å². The van der Waals surface area contributed by atoms with Gasteiger partial charge in [0.15, 0.2) is 0 Å². The molecule has 1 unspecified atom stereocenters. The Bertz CT molecular complexity index is 418. The molecule has 0 aliphatic heterocycles. The molecule has 112 valence electrons. The van der Waals surface area contributed by atoms with Crippen molar-refractivity contribution in [2.75, 3.05) is 13.2 Å². The van der Waals surface area contributed by atoms with E-state index in [0.29, 0.717) is 25.5 Å². The lowest BCUT2D eigenvalue weighted by atomic mass is 10.0. The summed E-state index contributed by atoms with van der Waals surface area (Å²) in [6, 6.07) is 7.37. The number of hydrogen-bond donors (Lipinski definition) is 2. The van der Waals surface area contributed by atoms with Crippen molar-refractivity contribution in [3.05, 3.63) is 29.8 Å². The summed E-state index contributed by atoms with van der Waals surface area (Å²) in [5.41, 5.74) is 1.15. The number of para-hydroxylation sites is 1. The third-order valence-electron chi connectivity index (χ3n) is 3.14. The highest BCUT2D eigenvalue weighted by molar-refractivity contribution is 5.73. The van der Waals surface area contributed by atoms with Crippen LogP contribution >= 0.6 is 0 Å². The number of nitrogens with one attached hydrogen (secondary N) is 1. The maximum absolute atomic E-state index is 11.1. The molecule has 1 rings (SSSR count). The summed E-state index contributed by atoms with van der Waals surface area (Å²) in [5, 5.41) is 12.1. The van der Waals surface area contributed by atoms with Crippen LogP contribution in [0.3, 0.4) is 0 Å². The van der Waals surface area contributed by atoms with E-state index in [1.807, 2.05) is 31.2 Å². The monoisotopic (exact) mass is 279 g/mol. The molecule has 0 aliphatic rings. The molecule has 0 heterocycles. The summed E-state index contributed by atoms with van der Waals surface area (Å²) in [6.07, 6.45) is 1.38. The van der Waals surface area contributed by atoms with Crippen molar-refractivity contribution in [2.45, 2.75) is 45.6 Å². The lowest BCUT2D eigenvalue weighted by Crippen LogP contribution is -2.38. The van der Waals surface area contributed by atoms with E-state index in [2.05, 4.69) is 19.2 Å². The molecule has 2 N–H and O–H groups in total. The number of carboxylic acid groups (broad SMARTS) is 1. The highest BCUT2D eigenvalue weighted by Gasteiger charge is 2.16. The van der Waals surface area contributed by atoms with Crippen molar-refractivity contribution in [1.29, 1.82) is 0 Å². The van der Waals surface area contributed by atoms with Gasteiger partial charge >= 0.3 is 5.97 Å². The lowest BCUT2D eigenvalue weighted by molar-refractivity contribution is -0.139. The van der Waals surface area contributed by atoms with Crippen LogP contribution in [-0.2, 0) is 4.79 Å². The molecule has 20 heavy (non-hydrogen) atoms. The van der Waals surface area contributed by atoms with Gasteiger partial charge in [0.2, 0.25) is 0 Å². The van der Waals surface area contributed by atoms with Crippen LogP contribution in [-0.4, -0.2) is 30.3 Å². The first-order valence-corrected chi connectivity index (χ1v) is 7.24. The van der Waals surface area contributed by atoms with Gasteiger partial charge in [0.25, 0.3) is 0 Å². The number of carbonyl (C=O) groups is 1. The van der Waals surface area contributed by atoms with Gasteiger partial charge < -0.3 is 15.2 Å². The number of hydrogen-bond acceptors (Lipinski definition) is 3. The van der Waals surface area contributed by atoms with Crippen LogP contribution in [0.25, 0.3) is 0 Å². The molecule has 0 amide bonds. The summed E-state index contributed by atoms with van der Waals surface area (Å²) >= 11 is 0. The number of rotatable bonds is 9. The molecule has 1 aromatic carbocycles. The van der Waals surface area contributed by atoms with Crippen molar-refractivity contribution in [3.8, 4) is 5.75 Å². The Hall–Kier alpha value is -1.55. The lowest BCUT2D eigenvalue weighted by Gasteiger charge is -2.17. The van der Waals surface area contributed by atoms with Gasteiger partial charge in [-0.25, -0.2) is 0 Å². The second kappa shape index (κ2) is 8.59. The molecule has 0 saturated heterocycles. The Morgan fingerprint density at radius 2 is 2.05 bits per heavy atom. The highest BCUT2D eigenvalue weighted by Crippen LogP contribution is 2.25. The Morgan fingerprint density at radius 1 is 1.35 bits per heavy atom. The average molecular weight is 279 g/mol. The molecule has 0 aliphatic carbocycles. The van der Waals surface area contributed by atoms with Crippen molar-refractivity contribution in [2.24, 2.45) is 0 Å². The molecule has 4 heteroatoms. The SMILES string of the molecule is CCCNC(CCOc1ccccc1C(C)C)C(=O)O. The minimum Gasteiger partial charge on any atom is -0.493 e. The maximum Gasteiger partial charge on any atom is 0.320 e. The summed E-state index contributed by atoms with van der Waals surface area (Å²) in [5.74, 6) is 0.418. The molecule has 0 aromatic heterocycles. The van der Waals surface area contributed by atoms with E-state index in [1.54, 1.807) is 0 Å². The number of ether oxygens (including phenoxy) is 1. The summed E-state index contributed by atoms with van der Waals surface area (Å²) in [7, 11) is 0. The number of carboxylic acids is 1. The zero-order chi connectivity index (χ0) is 15.0. The molecular formula is C16H25NO3. The van der Waals surface area contributed by atoms with Gasteiger partial charge in [-0.1, -0.05) is 39.0 Å². The molecule has 0 spiro atoms. The fourth-order valence-electron chi connectivity index (χ4n) is 2.01. The van der Waals surface area contributed by atoms with Gasteiger partial charge in [-0.2, -0.15) is 0 Å². The van der Waals surface area contributed by atoms with E-state index in [0.717, 1.165) is 17.7 Å². The van der Waals surface area contributed by atoms with Crippen molar-refractivity contribution < 1.29 is 14.6 Å². The summed E-state index contributed by atoms with van der Waals surface area (Å²) in [6.45, 7) is 7.36. The van der Waals surface area contributed by atoms with E-state index in [9.17, 15) is 4.79 Å². The number of aliphatic carboxylic acids is 1. The van der Waals surface area contributed by atoms with Gasteiger partial charge in [0, 0.05) is 6.42 Å². The first-order chi connectivity index (χ1) is 9.56. The summed E-state index contributed by atoms with van der Waals surface area (Å²) < 4.78 is 5.76. The zero-order valence-electron chi connectivity index (χ0n) is 12.6. The third-order valence-corrected chi connectivity index (χ3v) is 3.14. The van der Waals surface area contributed by atoms with Crippen LogP contribution in [0.5, 0.6) is 5.75 Å². The van der Waals surface area contributed by atoms with E-state index < -0.39 is 12.0 Å². The van der Waals surface area contributed by atoms with E-state index >= 15 is 0 Å². The molecule has 0 fully saturated rings. The van der Waals surface area contributed by atoms with Crippen LogP contribution < -0.4 is 10.1 Å². The quantitative estimate of drug-likeness (QED) is 0.729. The largest absolute Gasteiger partial charge is 0.493 e. The molecule has 1 aromatic rings. The second-order valence-electron chi connectivity index (χ2n) is 5.17. The van der Waals surface area contributed by atoms with Gasteiger partial charge in [0.05, 0.1) is 6.61 Å².